The van der Waals surface area contributed by atoms with Crippen LogP contribution in [0.1, 0.15) is 5.56 Å². The molecule has 0 N–H and O–H groups in total. The van der Waals surface area contributed by atoms with Crippen molar-refractivity contribution < 1.29 is 9.66 Å². The molecule has 0 fully saturated rings. The third-order valence-electron chi connectivity index (χ3n) is 2.51. The standard InChI is InChI=1S/C13H8Cl3NO3/c14-7-8-4-5-12(10(16)6-8)20-13-9(15)2-1-3-11(13)17(18)19/h1-6H,7H2. The van der Waals surface area contributed by atoms with Crippen molar-refractivity contribution in [2.24, 2.45) is 0 Å². The van der Waals surface area contributed by atoms with E-state index in [2.05, 4.69) is 0 Å². The first-order valence-electron chi connectivity index (χ1n) is 5.48. The number of para-hydroxylation sites is 1. The van der Waals surface area contributed by atoms with Crippen molar-refractivity contribution in [2.75, 3.05) is 0 Å². The highest BCUT2D eigenvalue weighted by molar-refractivity contribution is 6.33. The normalized spacial score (nSPS) is 10.3. The molecular weight excluding hydrogens is 325 g/mol. The van der Waals surface area contributed by atoms with Crippen molar-refractivity contribution in [3.8, 4) is 11.5 Å². The van der Waals surface area contributed by atoms with Crippen LogP contribution in [0.5, 0.6) is 11.5 Å². The number of benzene rings is 2. The lowest BCUT2D eigenvalue weighted by Crippen LogP contribution is -1.94. The first-order chi connectivity index (χ1) is 9.52. The molecule has 0 unspecified atom stereocenters. The maximum atomic E-state index is 11.0. The summed E-state index contributed by atoms with van der Waals surface area (Å²) in [5.74, 6) is 0.545. The minimum Gasteiger partial charge on any atom is -0.447 e. The van der Waals surface area contributed by atoms with Crippen LogP contribution in [0.2, 0.25) is 10.0 Å². The average molecular weight is 333 g/mol. The van der Waals surface area contributed by atoms with Crippen LogP contribution in [-0.2, 0) is 5.88 Å². The van der Waals surface area contributed by atoms with Gasteiger partial charge in [-0.25, -0.2) is 0 Å². The van der Waals surface area contributed by atoms with Gasteiger partial charge in [-0.15, -0.1) is 11.6 Å². The Bertz CT molecular complexity index is 661. The van der Waals surface area contributed by atoms with E-state index in [-0.39, 0.29) is 22.2 Å². The highest BCUT2D eigenvalue weighted by Gasteiger charge is 2.20. The number of ether oxygens (including phenoxy) is 1. The van der Waals surface area contributed by atoms with Crippen LogP contribution >= 0.6 is 34.8 Å². The number of nitro benzene ring substituents is 1. The lowest BCUT2D eigenvalue weighted by Gasteiger charge is -2.10. The van der Waals surface area contributed by atoms with Crippen molar-refractivity contribution in [3.05, 3.63) is 62.1 Å². The third-order valence-corrected chi connectivity index (χ3v) is 3.41. The van der Waals surface area contributed by atoms with E-state index in [1.165, 1.54) is 18.2 Å². The minimum atomic E-state index is -0.567. The molecule has 2 rings (SSSR count). The van der Waals surface area contributed by atoms with Gasteiger partial charge in [0, 0.05) is 11.9 Å². The van der Waals surface area contributed by atoms with Crippen LogP contribution in [0.25, 0.3) is 0 Å². The second kappa shape index (κ2) is 6.31. The second-order valence-corrected chi connectivity index (χ2v) is 4.93. The monoisotopic (exact) mass is 331 g/mol. The second-order valence-electron chi connectivity index (χ2n) is 3.85. The molecular formula is C13H8Cl3NO3. The number of nitrogens with zero attached hydrogens (tertiary/aromatic N) is 1. The Balaban J connectivity index is 2.42. The topological polar surface area (TPSA) is 52.4 Å². The molecule has 0 aromatic heterocycles. The summed E-state index contributed by atoms with van der Waals surface area (Å²) in [6.45, 7) is 0. The Morgan fingerprint density at radius 3 is 2.50 bits per heavy atom. The zero-order chi connectivity index (χ0) is 14.7. The first kappa shape index (κ1) is 14.9. The Kier molecular flexibility index (Phi) is 4.70. The van der Waals surface area contributed by atoms with E-state index in [1.54, 1.807) is 18.2 Å². The summed E-state index contributed by atoms with van der Waals surface area (Å²) in [6, 6.07) is 9.23. The molecule has 2 aromatic carbocycles. The molecule has 0 saturated heterocycles. The van der Waals surface area contributed by atoms with Crippen molar-refractivity contribution in [1.29, 1.82) is 0 Å². The number of nitro groups is 1. The highest BCUT2D eigenvalue weighted by atomic mass is 35.5. The summed E-state index contributed by atoms with van der Waals surface area (Å²) in [4.78, 5) is 10.4. The van der Waals surface area contributed by atoms with E-state index >= 15 is 0 Å². The molecule has 0 heterocycles. The van der Waals surface area contributed by atoms with Crippen LogP contribution in [0.3, 0.4) is 0 Å². The third kappa shape index (κ3) is 3.15. The fourth-order valence-electron chi connectivity index (χ4n) is 1.56. The van der Waals surface area contributed by atoms with Gasteiger partial charge in [0.15, 0.2) is 0 Å². The Hall–Kier alpha value is -1.49. The van der Waals surface area contributed by atoms with E-state index in [1.807, 2.05) is 0 Å². The van der Waals surface area contributed by atoms with Gasteiger partial charge in [0.1, 0.15) is 5.75 Å². The molecule has 0 spiro atoms. The lowest BCUT2D eigenvalue weighted by atomic mass is 10.2. The van der Waals surface area contributed by atoms with Gasteiger partial charge >= 0.3 is 5.69 Å². The van der Waals surface area contributed by atoms with Gasteiger partial charge in [-0.3, -0.25) is 10.1 Å². The molecule has 2 aromatic rings. The predicted octanol–water partition coefficient (Wildman–Crippen LogP) is 5.43. The molecule has 4 nitrogen and oxygen atoms in total. The van der Waals surface area contributed by atoms with E-state index in [0.29, 0.717) is 10.9 Å². The van der Waals surface area contributed by atoms with Gasteiger partial charge in [0.2, 0.25) is 5.75 Å². The van der Waals surface area contributed by atoms with Crippen LogP contribution in [0.4, 0.5) is 5.69 Å². The number of hydrogen-bond acceptors (Lipinski definition) is 3. The van der Waals surface area contributed by atoms with Crippen LogP contribution < -0.4 is 4.74 Å². The minimum absolute atomic E-state index is 0.0420. The molecule has 0 atom stereocenters. The maximum Gasteiger partial charge on any atom is 0.313 e. The molecule has 0 bridgehead atoms. The summed E-state index contributed by atoms with van der Waals surface area (Å²) in [7, 11) is 0. The SMILES string of the molecule is O=[N+]([O-])c1cccc(Cl)c1Oc1ccc(CCl)cc1Cl. The zero-order valence-corrected chi connectivity index (χ0v) is 12.2. The van der Waals surface area contributed by atoms with Gasteiger partial charge < -0.3 is 4.74 Å². The van der Waals surface area contributed by atoms with E-state index in [0.717, 1.165) is 5.56 Å². The molecule has 20 heavy (non-hydrogen) atoms. The molecule has 0 aliphatic heterocycles. The smallest absolute Gasteiger partial charge is 0.313 e. The summed E-state index contributed by atoms with van der Waals surface area (Å²) < 4.78 is 5.48. The molecule has 0 aliphatic carbocycles. The van der Waals surface area contributed by atoms with Gasteiger partial charge in [-0.1, -0.05) is 35.3 Å². The fourth-order valence-corrected chi connectivity index (χ4v) is 2.18. The van der Waals surface area contributed by atoms with Crippen LogP contribution in [0.15, 0.2) is 36.4 Å². The number of alkyl halides is 1. The summed E-state index contributed by atoms with van der Waals surface area (Å²) in [6.07, 6.45) is 0. The van der Waals surface area contributed by atoms with Crippen LogP contribution in [0, 0.1) is 10.1 Å². The zero-order valence-electron chi connectivity index (χ0n) is 9.98. The van der Waals surface area contributed by atoms with Crippen molar-refractivity contribution >= 4 is 40.5 Å². The molecule has 104 valence electrons. The summed E-state index contributed by atoms with van der Waals surface area (Å²) in [5, 5.41) is 11.4. The molecule has 7 heteroatoms. The van der Waals surface area contributed by atoms with Crippen molar-refractivity contribution in [3.63, 3.8) is 0 Å². The number of rotatable bonds is 4. The van der Waals surface area contributed by atoms with Gasteiger partial charge in [-0.2, -0.15) is 0 Å². The lowest BCUT2D eigenvalue weighted by molar-refractivity contribution is -0.385. The molecule has 0 saturated carbocycles. The van der Waals surface area contributed by atoms with E-state index in [9.17, 15) is 10.1 Å². The average Bonchev–Trinajstić information content (AvgIpc) is 2.42. The van der Waals surface area contributed by atoms with Crippen molar-refractivity contribution in [1.82, 2.24) is 0 Å². The largest absolute Gasteiger partial charge is 0.447 e. The van der Waals surface area contributed by atoms with Crippen LogP contribution in [-0.4, -0.2) is 4.92 Å². The maximum absolute atomic E-state index is 11.0. The molecule has 0 aliphatic rings. The van der Waals surface area contributed by atoms with Gasteiger partial charge in [0.25, 0.3) is 0 Å². The summed E-state index contributed by atoms with van der Waals surface area (Å²) >= 11 is 17.7. The quantitative estimate of drug-likeness (QED) is 0.426. The molecule has 0 amide bonds. The fraction of sp³-hybridized carbons (Fsp3) is 0.0769. The highest BCUT2D eigenvalue weighted by Crippen LogP contribution is 2.40. The molecule has 0 radical (unpaired) electrons. The Morgan fingerprint density at radius 1 is 1.15 bits per heavy atom. The number of hydrogen-bond donors (Lipinski definition) is 0. The summed E-state index contributed by atoms with van der Waals surface area (Å²) in [5.41, 5.74) is 0.590. The Morgan fingerprint density at radius 2 is 1.90 bits per heavy atom. The number of halogens is 3. The van der Waals surface area contributed by atoms with Gasteiger partial charge in [0.05, 0.1) is 15.0 Å². The van der Waals surface area contributed by atoms with E-state index < -0.39 is 4.92 Å². The first-order valence-corrected chi connectivity index (χ1v) is 6.77. The van der Waals surface area contributed by atoms with E-state index in [4.69, 9.17) is 39.5 Å². The van der Waals surface area contributed by atoms with Crippen molar-refractivity contribution in [2.45, 2.75) is 5.88 Å². The predicted molar refractivity (Wildman–Crippen MR) is 79.2 cm³/mol. The Labute approximate surface area is 130 Å². The van der Waals surface area contributed by atoms with Gasteiger partial charge in [-0.05, 0) is 23.8 Å².